The van der Waals surface area contributed by atoms with Crippen LogP contribution in [0.2, 0.25) is 0 Å². The molecule has 1 rings (SSSR count). The number of hydrogen-bond acceptors (Lipinski definition) is 4. The number of carboxylic acid groups (broad SMARTS) is 1. The Labute approximate surface area is 226 Å². The van der Waals surface area contributed by atoms with Crippen LogP contribution in [0.5, 0.6) is 5.75 Å². The van der Waals surface area contributed by atoms with Crippen LogP contribution in [-0.4, -0.2) is 35.9 Å². The van der Waals surface area contributed by atoms with Crippen molar-refractivity contribution in [3.05, 3.63) is 24.3 Å². The molecule has 0 radical (unpaired) electrons. The van der Waals surface area contributed by atoms with Crippen LogP contribution in [0.4, 0.5) is 10.5 Å². The quantitative estimate of drug-likeness (QED) is 0.164. The molecule has 1 aromatic carbocycles. The Morgan fingerprint density at radius 3 is 1.57 bits per heavy atom. The minimum atomic E-state index is -1.10. The Hall–Kier alpha value is -2.24. The van der Waals surface area contributed by atoms with Gasteiger partial charge in [-0.25, -0.2) is 4.79 Å². The summed E-state index contributed by atoms with van der Waals surface area (Å²) in [4.78, 5) is 24.8. The van der Waals surface area contributed by atoms with Gasteiger partial charge in [0.15, 0.2) is 0 Å². The van der Waals surface area contributed by atoms with E-state index in [2.05, 4.69) is 6.92 Å². The highest BCUT2D eigenvalue weighted by Crippen LogP contribution is 2.22. The predicted octanol–water partition coefficient (Wildman–Crippen LogP) is 9.15. The van der Waals surface area contributed by atoms with Crippen LogP contribution in [0, 0.1) is 0 Å². The van der Waals surface area contributed by atoms with Gasteiger partial charge >= 0.3 is 12.1 Å². The van der Waals surface area contributed by atoms with Gasteiger partial charge in [0.25, 0.3) is 0 Å². The molecule has 0 unspecified atom stereocenters. The average Bonchev–Trinajstić information content (AvgIpc) is 2.83. The van der Waals surface area contributed by atoms with Crippen molar-refractivity contribution in [1.82, 2.24) is 0 Å². The summed E-state index contributed by atoms with van der Waals surface area (Å²) in [5, 5.41) is 9.19. The largest absolute Gasteiger partial charge is 0.494 e. The van der Waals surface area contributed by atoms with Crippen LogP contribution in [-0.2, 0) is 9.53 Å². The first-order chi connectivity index (χ1) is 17.7. The maximum Gasteiger partial charge on any atom is 0.415 e. The lowest BCUT2D eigenvalue weighted by Crippen LogP contribution is -2.39. The minimum Gasteiger partial charge on any atom is -0.494 e. The van der Waals surface area contributed by atoms with Crippen molar-refractivity contribution in [3.8, 4) is 5.75 Å². The lowest BCUT2D eigenvalue weighted by atomic mass is 10.0. The highest BCUT2D eigenvalue weighted by molar-refractivity contribution is 5.93. The standard InChI is InChI=1S/C31H53NO5/c1-5-6-7-8-9-10-11-12-13-14-15-16-17-18-19-20-25-36-28-23-21-27(22-24-28)32(26-29(33)34)30(35)37-31(2,3)4/h21-24H,5-20,25-26H2,1-4H3,(H,33,34). The van der Waals surface area contributed by atoms with Crippen LogP contribution in [0.1, 0.15) is 130 Å². The van der Waals surface area contributed by atoms with Crippen LogP contribution < -0.4 is 9.64 Å². The maximum absolute atomic E-state index is 12.4. The van der Waals surface area contributed by atoms with E-state index in [1.54, 1.807) is 45.0 Å². The molecule has 0 fully saturated rings. The molecule has 1 amide bonds. The summed E-state index contributed by atoms with van der Waals surface area (Å²) in [6.45, 7) is 7.71. The van der Waals surface area contributed by atoms with Crippen molar-refractivity contribution >= 4 is 17.7 Å². The van der Waals surface area contributed by atoms with Gasteiger partial charge in [0.2, 0.25) is 0 Å². The van der Waals surface area contributed by atoms with E-state index >= 15 is 0 Å². The molecular formula is C31H53NO5. The predicted molar refractivity (Wildman–Crippen MR) is 153 cm³/mol. The summed E-state index contributed by atoms with van der Waals surface area (Å²) < 4.78 is 11.2. The van der Waals surface area contributed by atoms with E-state index in [-0.39, 0.29) is 0 Å². The number of unbranched alkanes of at least 4 members (excludes halogenated alkanes) is 15. The first-order valence-electron chi connectivity index (χ1n) is 14.7. The molecule has 1 aromatic rings. The molecule has 0 aliphatic carbocycles. The van der Waals surface area contributed by atoms with E-state index in [0.29, 0.717) is 18.0 Å². The second kappa shape index (κ2) is 19.8. The summed E-state index contributed by atoms with van der Waals surface area (Å²) in [6.07, 6.45) is 20.8. The number of ether oxygens (including phenoxy) is 2. The molecule has 0 atom stereocenters. The zero-order chi connectivity index (χ0) is 27.4. The molecule has 0 saturated heterocycles. The number of anilines is 1. The lowest BCUT2D eigenvalue weighted by Gasteiger charge is -2.26. The van der Waals surface area contributed by atoms with Crippen molar-refractivity contribution in [2.45, 2.75) is 136 Å². The fourth-order valence-electron chi connectivity index (χ4n) is 4.28. The third-order valence-electron chi connectivity index (χ3n) is 6.32. The summed E-state index contributed by atoms with van der Waals surface area (Å²) in [6, 6.07) is 6.91. The van der Waals surface area contributed by atoms with Gasteiger partial charge in [-0.15, -0.1) is 0 Å². The van der Waals surface area contributed by atoms with E-state index in [0.717, 1.165) is 11.3 Å². The molecule has 0 aliphatic rings. The fourth-order valence-corrected chi connectivity index (χ4v) is 4.28. The zero-order valence-electron chi connectivity index (χ0n) is 24.1. The Bertz CT molecular complexity index is 726. The number of benzene rings is 1. The highest BCUT2D eigenvalue weighted by atomic mass is 16.6. The molecule has 6 nitrogen and oxygen atoms in total. The smallest absolute Gasteiger partial charge is 0.415 e. The third kappa shape index (κ3) is 17.8. The first-order valence-corrected chi connectivity index (χ1v) is 14.7. The Kier molecular flexibility index (Phi) is 17.6. The van der Waals surface area contributed by atoms with E-state index in [9.17, 15) is 14.7 Å². The van der Waals surface area contributed by atoms with Gasteiger partial charge in [0.1, 0.15) is 17.9 Å². The Balaban J connectivity index is 2.11. The SMILES string of the molecule is CCCCCCCCCCCCCCCCCCOc1ccc(N(CC(=O)O)C(=O)OC(C)(C)C)cc1. The van der Waals surface area contributed by atoms with Gasteiger partial charge in [-0.1, -0.05) is 103 Å². The Morgan fingerprint density at radius 2 is 1.16 bits per heavy atom. The number of rotatable bonds is 21. The summed E-state index contributed by atoms with van der Waals surface area (Å²) in [5.41, 5.74) is -0.240. The number of carbonyl (C=O) groups is 2. The molecule has 6 heteroatoms. The Morgan fingerprint density at radius 1 is 0.730 bits per heavy atom. The van der Waals surface area contributed by atoms with E-state index in [4.69, 9.17) is 9.47 Å². The number of carbonyl (C=O) groups excluding carboxylic acids is 1. The van der Waals surface area contributed by atoms with Crippen molar-refractivity contribution in [1.29, 1.82) is 0 Å². The monoisotopic (exact) mass is 519 g/mol. The van der Waals surface area contributed by atoms with Gasteiger partial charge in [-0.3, -0.25) is 9.69 Å². The van der Waals surface area contributed by atoms with Gasteiger partial charge in [0.05, 0.1) is 6.61 Å². The van der Waals surface area contributed by atoms with Crippen LogP contribution >= 0.6 is 0 Å². The van der Waals surface area contributed by atoms with Crippen LogP contribution in [0.15, 0.2) is 24.3 Å². The summed E-state index contributed by atoms with van der Waals surface area (Å²) in [5.74, 6) is -0.390. The molecule has 0 aromatic heterocycles. The van der Waals surface area contributed by atoms with Gasteiger partial charge in [-0.2, -0.15) is 0 Å². The molecule has 0 heterocycles. The van der Waals surface area contributed by atoms with Gasteiger partial charge in [0, 0.05) is 5.69 Å². The van der Waals surface area contributed by atoms with Crippen LogP contribution in [0.25, 0.3) is 0 Å². The molecular weight excluding hydrogens is 466 g/mol. The average molecular weight is 520 g/mol. The minimum absolute atomic E-state index is 0.464. The maximum atomic E-state index is 12.4. The van der Waals surface area contributed by atoms with Crippen molar-refractivity contribution < 1.29 is 24.2 Å². The van der Waals surface area contributed by atoms with Crippen molar-refractivity contribution in [3.63, 3.8) is 0 Å². The second-order valence-corrected chi connectivity index (χ2v) is 11.1. The first kappa shape index (κ1) is 32.8. The molecule has 1 N–H and O–H groups in total. The number of aliphatic carboxylic acids is 1. The molecule has 0 bridgehead atoms. The molecule has 0 spiro atoms. The van der Waals surface area contributed by atoms with Gasteiger partial charge < -0.3 is 14.6 Å². The number of carboxylic acids is 1. The summed E-state index contributed by atoms with van der Waals surface area (Å²) >= 11 is 0. The second-order valence-electron chi connectivity index (χ2n) is 11.1. The van der Waals surface area contributed by atoms with E-state index < -0.39 is 24.2 Å². The molecule has 0 aliphatic heterocycles. The zero-order valence-corrected chi connectivity index (χ0v) is 24.1. The highest BCUT2D eigenvalue weighted by Gasteiger charge is 2.25. The fraction of sp³-hybridized carbons (Fsp3) is 0.742. The van der Waals surface area contributed by atoms with Crippen molar-refractivity contribution in [2.24, 2.45) is 0 Å². The van der Waals surface area contributed by atoms with Crippen molar-refractivity contribution in [2.75, 3.05) is 18.1 Å². The topological polar surface area (TPSA) is 76.1 Å². The number of amides is 1. The normalized spacial score (nSPS) is 11.4. The molecule has 212 valence electrons. The lowest BCUT2D eigenvalue weighted by molar-refractivity contribution is -0.135. The van der Waals surface area contributed by atoms with Gasteiger partial charge in [-0.05, 0) is 51.5 Å². The van der Waals surface area contributed by atoms with E-state index in [1.807, 2.05) is 0 Å². The number of hydrogen-bond donors (Lipinski definition) is 1. The third-order valence-corrected chi connectivity index (χ3v) is 6.32. The van der Waals surface area contributed by atoms with Crippen LogP contribution in [0.3, 0.4) is 0 Å². The number of nitrogens with zero attached hydrogens (tertiary/aromatic N) is 1. The summed E-state index contributed by atoms with van der Waals surface area (Å²) in [7, 11) is 0. The van der Waals surface area contributed by atoms with E-state index in [1.165, 1.54) is 96.3 Å². The molecule has 37 heavy (non-hydrogen) atoms. The molecule has 0 saturated carbocycles.